The number of nitrogens with zero attached hydrogens (tertiary/aromatic N) is 1. The monoisotopic (exact) mass is 289 g/mol. The molecule has 1 N–H and O–H groups in total. The van der Waals surface area contributed by atoms with Crippen molar-refractivity contribution in [2.24, 2.45) is 11.8 Å². The van der Waals surface area contributed by atoms with Gasteiger partial charge in [0.05, 0.1) is 11.9 Å². The van der Waals surface area contributed by atoms with E-state index in [1.165, 1.54) is 6.26 Å². The molecule has 1 saturated carbocycles. The summed E-state index contributed by atoms with van der Waals surface area (Å²) in [6, 6.07) is 0. The number of hydrogen-bond acceptors (Lipinski definition) is 3. The van der Waals surface area contributed by atoms with Gasteiger partial charge in [-0.25, -0.2) is 12.7 Å². The van der Waals surface area contributed by atoms with E-state index in [0.29, 0.717) is 24.9 Å². The Morgan fingerprint density at radius 3 is 2.63 bits per heavy atom. The molecular formula is C14H27NO3S. The second kappa shape index (κ2) is 5.70. The summed E-state index contributed by atoms with van der Waals surface area (Å²) in [5, 5.41) is 10.7. The van der Waals surface area contributed by atoms with Gasteiger partial charge in [-0.1, -0.05) is 13.3 Å². The highest BCUT2D eigenvalue weighted by Gasteiger charge is 2.39. The lowest BCUT2D eigenvalue weighted by atomic mass is 9.84. The van der Waals surface area contributed by atoms with E-state index in [1.807, 2.05) is 0 Å². The number of hydrogen-bond donors (Lipinski definition) is 1. The Morgan fingerprint density at radius 1 is 1.32 bits per heavy atom. The number of piperidine rings is 1. The fourth-order valence-electron chi connectivity index (χ4n) is 3.78. The third-order valence-electron chi connectivity index (χ3n) is 4.88. The van der Waals surface area contributed by atoms with Gasteiger partial charge in [0.1, 0.15) is 0 Å². The van der Waals surface area contributed by atoms with Crippen LogP contribution in [0.4, 0.5) is 0 Å². The van der Waals surface area contributed by atoms with Crippen LogP contribution in [0, 0.1) is 11.8 Å². The van der Waals surface area contributed by atoms with Gasteiger partial charge in [-0.05, 0) is 50.4 Å². The van der Waals surface area contributed by atoms with Crippen molar-refractivity contribution in [3.8, 4) is 0 Å². The SMILES string of the molecule is CCC1CCC(O)(CC2CCCN(S(C)(=O)=O)C2)C1. The van der Waals surface area contributed by atoms with E-state index in [-0.39, 0.29) is 0 Å². The Balaban J connectivity index is 1.92. The smallest absolute Gasteiger partial charge is 0.211 e. The fourth-order valence-corrected chi connectivity index (χ4v) is 4.72. The molecule has 112 valence electrons. The van der Waals surface area contributed by atoms with E-state index in [0.717, 1.165) is 44.9 Å². The minimum atomic E-state index is -3.08. The molecule has 1 heterocycles. The normalized spacial score (nSPS) is 37.6. The van der Waals surface area contributed by atoms with E-state index in [1.54, 1.807) is 4.31 Å². The third-order valence-corrected chi connectivity index (χ3v) is 6.15. The van der Waals surface area contributed by atoms with Crippen LogP contribution >= 0.6 is 0 Å². The van der Waals surface area contributed by atoms with Crippen LogP contribution in [0.2, 0.25) is 0 Å². The Hall–Kier alpha value is -0.130. The fraction of sp³-hybridized carbons (Fsp3) is 1.00. The lowest BCUT2D eigenvalue weighted by Crippen LogP contribution is -2.42. The van der Waals surface area contributed by atoms with Gasteiger partial charge in [-0.15, -0.1) is 0 Å². The van der Waals surface area contributed by atoms with Crippen LogP contribution < -0.4 is 0 Å². The molecule has 0 amide bonds. The molecule has 3 unspecified atom stereocenters. The average molecular weight is 289 g/mol. The minimum Gasteiger partial charge on any atom is -0.390 e. The molecule has 3 atom stereocenters. The zero-order chi connectivity index (χ0) is 14.1. The van der Waals surface area contributed by atoms with Crippen molar-refractivity contribution in [1.82, 2.24) is 4.31 Å². The molecule has 2 aliphatic rings. The minimum absolute atomic E-state index is 0.323. The van der Waals surface area contributed by atoms with Gasteiger partial charge in [0, 0.05) is 13.1 Å². The van der Waals surface area contributed by atoms with Crippen molar-refractivity contribution in [2.75, 3.05) is 19.3 Å². The first-order chi connectivity index (χ1) is 8.82. The predicted octanol–water partition coefficient (Wildman–Crippen LogP) is 1.99. The highest BCUT2D eigenvalue weighted by Crippen LogP contribution is 2.41. The van der Waals surface area contributed by atoms with E-state index in [2.05, 4.69) is 6.92 Å². The maximum absolute atomic E-state index is 11.6. The first kappa shape index (κ1) is 15.3. The molecule has 4 nitrogen and oxygen atoms in total. The summed E-state index contributed by atoms with van der Waals surface area (Å²) in [6.07, 6.45) is 8.08. The summed E-state index contributed by atoms with van der Waals surface area (Å²) >= 11 is 0. The van der Waals surface area contributed by atoms with Crippen molar-refractivity contribution in [1.29, 1.82) is 0 Å². The van der Waals surface area contributed by atoms with Crippen LogP contribution in [0.3, 0.4) is 0 Å². The molecule has 2 rings (SSSR count). The van der Waals surface area contributed by atoms with Crippen molar-refractivity contribution in [3.05, 3.63) is 0 Å². The zero-order valence-electron chi connectivity index (χ0n) is 12.1. The molecule has 0 aromatic rings. The average Bonchev–Trinajstić information content (AvgIpc) is 2.70. The maximum atomic E-state index is 11.6. The molecule has 5 heteroatoms. The van der Waals surface area contributed by atoms with E-state index >= 15 is 0 Å². The van der Waals surface area contributed by atoms with Gasteiger partial charge in [0.2, 0.25) is 10.0 Å². The Morgan fingerprint density at radius 2 is 2.05 bits per heavy atom. The second-order valence-corrected chi connectivity index (χ2v) is 8.56. The van der Waals surface area contributed by atoms with Gasteiger partial charge in [0.15, 0.2) is 0 Å². The number of aliphatic hydroxyl groups is 1. The summed E-state index contributed by atoms with van der Waals surface area (Å²) < 4.78 is 24.8. The van der Waals surface area contributed by atoms with Gasteiger partial charge >= 0.3 is 0 Å². The molecule has 1 aliphatic carbocycles. The third kappa shape index (κ3) is 3.92. The zero-order valence-corrected chi connectivity index (χ0v) is 13.0. The second-order valence-electron chi connectivity index (χ2n) is 6.57. The predicted molar refractivity (Wildman–Crippen MR) is 76.3 cm³/mol. The maximum Gasteiger partial charge on any atom is 0.211 e. The lowest BCUT2D eigenvalue weighted by Gasteiger charge is -2.35. The molecule has 1 aliphatic heterocycles. The Bertz CT molecular complexity index is 409. The number of sulfonamides is 1. The van der Waals surface area contributed by atoms with Crippen molar-refractivity contribution in [3.63, 3.8) is 0 Å². The summed E-state index contributed by atoms with van der Waals surface area (Å²) in [5.41, 5.74) is -0.536. The Labute approximate surface area is 117 Å². The highest BCUT2D eigenvalue weighted by atomic mass is 32.2. The van der Waals surface area contributed by atoms with Gasteiger partial charge in [-0.2, -0.15) is 0 Å². The summed E-state index contributed by atoms with van der Waals surface area (Å²) in [4.78, 5) is 0. The van der Waals surface area contributed by atoms with Gasteiger partial charge in [-0.3, -0.25) is 0 Å². The van der Waals surface area contributed by atoms with Crippen LogP contribution in [0.5, 0.6) is 0 Å². The van der Waals surface area contributed by atoms with Crippen LogP contribution in [-0.4, -0.2) is 42.8 Å². The van der Waals surface area contributed by atoms with E-state index in [4.69, 9.17) is 0 Å². The molecule has 0 aromatic heterocycles. The topological polar surface area (TPSA) is 57.6 Å². The summed E-state index contributed by atoms with van der Waals surface area (Å²) in [7, 11) is -3.08. The van der Waals surface area contributed by atoms with Crippen LogP contribution in [0.1, 0.15) is 51.9 Å². The lowest BCUT2D eigenvalue weighted by molar-refractivity contribution is 0.0104. The molecule has 0 radical (unpaired) electrons. The molecule has 2 fully saturated rings. The van der Waals surface area contributed by atoms with Gasteiger partial charge < -0.3 is 5.11 Å². The molecule has 0 bridgehead atoms. The molecular weight excluding hydrogens is 262 g/mol. The number of rotatable bonds is 4. The van der Waals surface area contributed by atoms with Crippen molar-refractivity contribution >= 4 is 10.0 Å². The van der Waals surface area contributed by atoms with Crippen LogP contribution in [0.15, 0.2) is 0 Å². The standard InChI is InChI=1S/C14H27NO3S/c1-3-12-6-7-14(16,9-12)10-13-5-4-8-15(11-13)19(2,17)18/h12-13,16H,3-11H2,1-2H3. The summed E-state index contributed by atoms with van der Waals surface area (Å²) in [6.45, 7) is 3.42. The highest BCUT2D eigenvalue weighted by molar-refractivity contribution is 7.88. The molecule has 19 heavy (non-hydrogen) atoms. The van der Waals surface area contributed by atoms with E-state index in [9.17, 15) is 13.5 Å². The molecule has 1 saturated heterocycles. The van der Waals surface area contributed by atoms with Crippen LogP contribution in [-0.2, 0) is 10.0 Å². The first-order valence-electron chi connectivity index (χ1n) is 7.50. The van der Waals surface area contributed by atoms with Crippen LogP contribution in [0.25, 0.3) is 0 Å². The van der Waals surface area contributed by atoms with Crippen molar-refractivity contribution < 1.29 is 13.5 Å². The largest absolute Gasteiger partial charge is 0.390 e. The quantitative estimate of drug-likeness (QED) is 0.861. The Kier molecular flexibility index (Phi) is 4.58. The van der Waals surface area contributed by atoms with E-state index < -0.39 is 15.6 Å². The van der Waals surface area contributed by atoms with Crippen molar-refractivity contribution in [2.45, 2.75) is 57.5 Å². The molecule has 0 spiro atoms. The molecule has 0 aromatic carbocycles. The first-order valence-corrected chi connectivity index (χ1v) is 9.35. The van der Waals surface area contributed by atoms with Gasteiger partial charge in [0.25, 0.3) is 0 Å². The summed E-state index contributed by atoms with van der Waals surface area (Å²) in [5.74, 6) is 0.976.